The largest absolute Gasteiger partial charge is 0.478 e. The maximum atomic E-state index is 13.7. The van der Waals surface area contributed by atoms with Crippen molar-refractivity contribution in [2.45, 2.75) is 13.3 Å². The van der Waals surface area contributed by atoms with E-state index in [2.05, 4.69) is 20.6 Å². The van der Waals surface area contributed by atoms with Crippen LogP contribution in [0.5, 0.6) is 0 Å². The first-order valence-corrected chi connectivity index (χ1v) is 8.45. The van der Waals surface area contributed by atoms with Gasteiger partial charge in [0.15, 0.2) is 0 Å². The van der Waals surface area contributed by atoms with Crippen LogP contribution in [-0.2, 0) is 6.42 Å². The Morgan fingerprint density at radius 1 is 1.07 bits per heavy atom. The minimum atomic E-state index is -1.02. The molecule has 0 aliphatic heterocycles. The molecule has 0 spiro atoms. The Bertz CT molecular complexity index is 962. The van der Waals surface area contributed by atoms with Crippen molar-refractivity contribution < 1.29 is 14.3 Å². The zero-order chi connectivity index (χ0) is 19.2. The lowest BCUT2D eigenvalue weighted by atomic mass is 10.1. The third kappa shape index (κ3) is 4.78. The van der Waals surface area contributed by atoms with E-state index < -0.39 is 5.97 Å². The lowest BCUT2D eigenvalue weighted by Crippen LogP contribution is -2.10. The topological polar surface area (TPSA) is 87.1 Å². The van der Waals surface area contributed by atoms with Crippen molar-refractivity contribution in [3.05, 3.63) is 77.4 Å². The third-order valence-corrected chi connectivity index (χ3v) is 3.92. The van der Waals surface area contributed by atoms with Gasteiger partial charge in [0.1, 0.15) is 23.3 Å². The summed E-state index contributed by atoms with van der Waals surface area (Å²) < 4.78 is 13.7. The van der Waals surface area contributed by atoms with Crippen LogP contribution in [0.2, 0.25) is 0 Å². The summed E-state index contributed by atoms with van der Waals surface area (Å²) in [4.78, 5) is 19.9. The van der Waals surface area contributed by atoms with Crippen LogP contribution >= 0.6 is 0 Å². The second-order valence-corrected chi connectivity index (χ2v) is 5.93. The van der Waals surface area contributed by atoms with Crippen LogP contribution in [0.1, 0.15) is 21.7 Å². The number of benzene rings is 2. The highest BCUT2D eigenvalue weighted by Gasteiger charge is 2.10. The molecular formula is C20H19FN4O2. The van der Waals surface area contributed by atoms with Gasteiger partial charge in [-0.05, 0) is 37.1 Å². The average molecular weight is 366 g/mol. The van der Waals surface area contributed by atoms with Gasteiger partial charge in [0, 0.05) is 12.6 Å². The van der Waals surface area contributed by atoms with Crippen LogP contribution < -0.4 is 10.6 Å². The predicted molar refractivity (Wildman–Crippen MR) is 102 cm³/mol. The zero-order valence-electron chi connectivity index (χ0n) is 14.7. The number of hydrogen-bond donors (Lipinski definition) is 3. The molecule has 0 bridgehead atoms. The molecule has 0 aliphatic carbocycles. The summed E-state index contributed by atoms with van der Waals surface area (Å²) in [5.74, 6) is 0.331. The molecule has 138 valence electrons. The monoisotopic (exact) mass is 366 g/mol. The normalized spacial score (nSPS) is 10.4. The number of nitrogens with one attached hydrogen (secondary N) is 2. The number of rotatable bonds is 7. The van der Waals surface area contributed by atoms with Gasteiger partial charge in [-0.3, -0.25) is 0 Å². The van der Waals surface area contributed by atoms with Crippen LogP contribution in [0.15, 0.2) is 54.6 Å². The molecule has 2 aromatic carbocycles. The first-order chi connectivity index (χ1) is 13.0. The number of halogens is 1. The molecule has 0 unspecified atom stereocenters. The van der Waals surface area contributed by atoms with E-state index in [0.29, 0.717) is 41.7 Å². The molecule has 0 aliphatic rings. The lowest BCUT2D eigenvalue weighted by molar-refractivity contribution is 0.0698. The molecule has 0 fully saturated rings. The molecule has 3 rings (SSSR count). The van der Waals surface area contributed by atoms with Crippen molar-refractivity contribution in [1.82, 2.24) is 9.97 Å². The van der Waals surface area contributed by atoms with Crippen LogP contribution in [0.4, 0.5) is 21.7 Å². The van der Waals surface area contributed by atoms with Gasteiger partial charge in [-0.2, -0.15) is 0 Å². The van der Waals surface area contributed by atoms with Crippen LogP contribution in [0.3, 0.4) is 0 Å². The third-order valence-electron chi connectivity index (χ3n) is 3.92. The molecular weight excluding hydrogens is 347 g/mol. The van der Waals surface area contributed by atoms with Gasteiger partial charge in [-0.25, -0.2) is 19.2 Å². The summed E-state index contributed by atoms with van der Waals surface area (Å²) in [6.45, 7) is 2.25. The Labute approximate surface area is 156 Å². The van der Waals surface area contributed by atoms with Gasteiger partial charge < -0.3 is 15.7 Å². The van der Waals surface area contributed by atoms with E-state index in [9.17, 15) is 14.3 Å². The number of carboxylic acids is 1. The highest BCUT2D eigenvalue weighted by Crippen LogP contribution is 2.21. The number of nitrogens with zero attached hydrogens (tertiary/aromatic N) is 2. The maximum absolute atomic E-state index is 13.7. The molecule has 0 radical (unpaired) electrons. The van der Waals surface area contributed by atoms with Gasteiger partial charge in [0.2, 0.25) is 0 Å². The molecule has 7 heteroatoms. The van der Waals surface area contributed by atoms with Crippen molar-refractivity contribution in [2.75, 3.05) is 17.2 Å². The smallest absolute Gasteiger partial charge is 0.337 e. The van der Waals surface area contributed by atoms with E-state index in [0.717, 1.165) is 0 Å². The number of carboxylic acid groups (broad SMARTS) is 1. The highest BCUT2D eigenvalue weighted by molar-refractivity contribution is 5.95. The number of aromatic carboxylic acids is 1. The molecule has 1 heterocycles. The van der Waals surface area contributed by atoms with Crippen molar-refractivity contribution in [2.24, 2.45) is 0 Å². The Morgan fingerprint density at radius 2 is 1.78 bits per heavy atom. The fourth-order valence-electron chi connectivity index (χ4n) is 2.67. The summed E-state index contributed by atoms with van der Waals surface area (Å²) in [6.07, 6.45) is 0.514. The predicted octanol–water partition coefficient (Wildman–Crippen LogP) is 4.02. The second kappa shape index (κ2) is 8.27. The number of aromatic nitrogens is 2. The fraction of sp³-hybridized carbons (Fsp3) is 0.150. The standard InChI is InChI=1S/C20H19FN4O2/c1-13-23-18(22-11-10-14-6-2-4-8-16(14)21)12-19(24-13)25-17-9-5-3-7-15(17)20(26)27/h2-9,12H,10-11H2,1H3,(H,26,27)(H2,22,23,24,25). The Kier molecular flexibility index (Phi) is 5.61. The van der Waals surface area contributed by atoms with Gasteiger partial charge in [0.05, 0.1) is 11.3 Å². The summed E-state index contributed by atoms with van der Waals surface area (Å²) in [6, 6.07) is 14.9. The summed E-state index contributed by atoms with van der Waals surface area (Å²) >= 11 is 0. The number of para-hydroxylation sites is 1. The molecule has 6 nitrogen and oxygen atoms in total. The van der Waals surface area contributed by atoms with E-state index >= 15 is 0 Å². The minimum absolute atomic E-state index is 0.155. The minimum Gasteiger partial charge on any atom is -0.478 e. The van der Waals surface area contributed by atoms with E-state index in [-0.39, 0.29) is 11.4 Å². The van der Waals surface area contributed by atoms with Gasteiger partial charge >= 0.3 is 5.97 Å². The van der Waals surface area contributed by atoms with Crippen LogP contribution in [0.25, 0.3) is 0 Å². The highest BCUT2D eigenvalue weighted by atomic mass is 19.1. The molecule has 3 N–H and O–H groups in total. The van der Waals surface area contributed by atoms with E-state index in [4.69, 9.17) is 0 Å². The maximum Gasteiger partial charge on any atom is 0.337 e. The molecule has 0 atom stereocenters. The summed E-state index contributed by atoms with van der Waals surface area (Å²) in [5, 5.41) is 15.5. The zero-order valence-corrected chi connectivity index (χ0v) is 14.7. The van der Waals surface area contributed by atoms with Crippen molar-refractivity contribution in [3.8, 4) is 0 Å². The first kappa shape index (κ1) is 18.3. The molecule has 27 heavy (non-hydrogen) atoms. The van der Waals surface area contributed by atoms with Crippen molar-refractivity contribution in [3.63, 3.8) is 0 Å². The number of hydrogen-bond acceptors (Lipinski definition) is 5. The SMILES string of the molecule is Cc1nc(NCCc2ccccc2F)cc(Nc2ccccc2C(=O)O)n1. The Morgan fingerprint density at radius 3 is 2.56 bits per heavy atom. The molecule has 3 aromatic rings. The van der Waals surface area contributed by atoms with Crippen LogP contribution in [-0.4, -0.2) is 27.6 Å². The van der Waals surface area contributed by atoms with E-state index in [1.165, 1.54) is 12.1 Å². The molecule has 0 amide bonds. The van der Waals surface area contributed by atoms with E-state index in [1.807, 2.05) is 0 Å². The average Bonchev–Trinajstić information content (AvgIpc) is 2.63. The van der Waals surface area contributed by atoms with Crippen molar-refractivity contribution >= 4 is 23.3 Å². The Balaban J connectivity index is 1.71. The Hall–Kier alpha value is -3.48. The van der Waals surface area contributed by atoms with Gasteiger partial charge in [-0.15, -0.1) is 0 Å². The number of anilines is 3. The number of aryl methyl sites for hydroxylation is 1. The quantitative estimate of drug-likeness (QED) is 0.585. The van der Waals surface area contributed by atoms with Gasteiger partial charge in [0.25, 0.3) is 0 Å². The fourth-order valence-corrected chi connectivity index (χ4v) is 2.67. The molecule has 0 saturated heterocycles. The van der Waals surface area contributed by atoms with E-state index in [1.54, 1.807) is 49.4 Å². The number of carbonyl (C=O) groups is 1. The molecule has 1 aromatic heterocycles. The van der Waals surface area contributed by atoms with Crippen LogP contribution in [0, 0.1) is 12.7 Å². The summed E-state index contributed by atoms with van der Waals surface area (Å²) in [5.41, 5.74) is 1.23. The van der Waals surface area contributed by atoms with Crippen molar-refractivity contribution in [1.29, 1.82) is 0 Å². The molecule has 0 saturated carbocycles. The van der Waals surface area contributed by atoms with Gasteiger partial charge in [-0.1, -0.05) is 30.3 Å². The lowest BCUT2D eigenvalue weighted by Gasteiger charge is -2.12. The first-order valence-electron chi connectivity index (χ1n) is 8.45. The second-order valence-electron chi connectivity index (χ2n) is 5.93. The summed E-state index contributed by atoms with van der Waals surface area (Å²) in [7, 11) is 0.